The summed E-state index contributed by atoms with van der Waals surface area (Å²) >= 11 is 0. The highest BCUT2D eigenvalue weighted by atomic mass is 16.6. The van der Waals surface area contributed by atoms with Crippen molar-refractivity contribution >= 4 is 5.69 Å². The van der Waals surface area contributed by atoms with E-state index in [2.05, 4.69) is 5.32 Å². The zero-order valence-electron chi connectivity index (χ0n) is 11.0. The molecule has 100 valence electrons. The summed E-state index contributed by atoms with van der Waals surface area (Å²) in [5.74, 6) is 0.892. The van der Waals surface area contributed by atoms with Crippen molar-refractivity contribution in [3.63, 3.8) is 0 Å². The quantitative estimate of drug-likeness (QED) is 0.662. The Bertz CT molecular complexity index is 590. The summed E-state index contributed by atoms with van der Waals surface area (Å²) in [4.78, 5) is 10.5. The summed E-state index contributed by atoms with van der Waals surface area (Å²) in [5.41, 5.74) is 2.89. The molecule has 2 aromatic rings. The van der Waals surface area contributed by atoms with Gasteiger partial charge in [-0.2, -0.15) is 0 Å². The molecule has 0 amide bonds. The van der Waals surface area contributed by atoms with Gasteiger partial charge in [0, 0.05) is 18.2 Å². The molecule has 0 spiro atoms. The standard InChI is InChI=1S/C14H16N2O3/c1-10-6-7-19-14(10)9-15-8-12-4-3-5-13(11(12)2)16(17)18/h3-7,15H,8-9H2,1-2H3. The first-order valence-electron chi connectivity index (χ1n) is 6.06. The fraction of sp³-hybridized carbons (Fsp3) is 0.286. The molecule has 5 nitrogen and oxygen atoms in total. The van der Waals surface area contributed by atoms with Gasteiger partial charge in [0.2, 0.25) is 0 Å². The topological polar surface area (TPSA) is 68.3 Å². The molecule has 1 aromatic heterocycles. The van der Waals surface area contributed by atoms with Crippen molar-refractivity contribution in [2.45, 2.75) is 26.9 Å². The number of furan rings is 1. The molecule has 0 fully saturated rings. The third-order valence-electron chi connectivity index (χ3n) is 3.18. The maximum atomic E-state index is 10.8. The van der Waals surface area contributed by atoms with Gasteiger partial charge in [-0.1, -0.05) is 12.1 Å². The number of nitrogens with one attached hydrogen (secondary N) is 1. The van der Waals surface area contributed by atoms with Gasteiger partial charge in [-0.25, -0.2) is 0 Å². The molecular formula is C14H16N2O3. The molecule has 1 heterocycles. The average Bonchev–Trinajstić information content (AvgIpc) is 2.77. The third kappa shape index (κ3) is 3.00. The second-order valence-corrected chi connectivity index (χ2v) is 4.45. The van der Waals surface area contributed by atoms with Crippen molar-refractivity contribution in [3.05, 3.63) is 63.1 Å². The fourth-order valence-electron chi connectivity index (χ4n) is 1.96. The van der Waals surface area contributed by atoms with Gasteiger partial charge in [-0.05, 0) is 31.0 Å². The Kier molecular flexibility index (Phi) is 3.97. The van der Waals surface area contributed by atoms with Crippen LogP contribution in [0.25, 0.3) is 0 Å². The fourth-order valence-corrected chi connectivity index (χ4v) is 1.96. The van der Waals surface area contributed by atoms with Crippen LogP contribution in [0.1, 0.15) is 22.5 Å². The van der Waals surface area contributed by atoms with Crippen LogP contribution in [0.4, 0.5) is 5.69 Å². The van der Waals surface area contributed by atoms with Crippen molar-refractivity contribution in [3.8, 4) is 0 Å². The molecule has 0 bridgehead atoms. The first-order valence-corrected chi connectivity index (χ1v) is 6.06. The summed E-state index contributed by atoms with van der Waals surface area (Å²) in [6, 6.07) is 7.04. The number of nitro benzene ring substituents is 1. The third-order valence-corrected chi connectivity index (χ3v) is 3.18. The maximum absolute atomic E-state index is 10.8. The summed E-state index contributed by atoms with van der Waals surface area (Å²) in [6.07, 6.45) is 1.66. The van der Waals surface area contributed by atoms with Crippen LogP contribution in [-0.4, -0.2) is 4.92 Å². The molecule has 0 saturated carbocycles. The Morgan fingerprint density at radius 1 is 1.26 bits per heavy atom. The Morgan fingerprint density at radius 2 is 2.05 bits per heavy atom. The van der Waals surface area contributed by atoms with Crippen LogP contribution >= 0.6 is 0 Å². The van der Waals surface area contributed by atoms with Gasteiger partial charge in [-0.3, -0.25) is 10.1 Å². The lowest BCUT2D eigenvalue weighted by Crippen LogP contribution is -2.14. The van der Waals surface area contributed by atoms with Crippen molar-refractivity contribution in [2.24, 2.45) is 0 Å². The van der Waals surface area contributed by atoms with Crippen molar-refractivity contribution < 1.29 is 9.34 Å². The van der Waals surface area contributed by atoms with Crippen molar-refractivity contribution in [2.75, 3.05) is 0 Å². The minimum Gasteiger partial charge on any atom is -0.468 e. The van der Waals surface area contributed by atoms with E-state index in [1.165, 1.54) is 6.07 Å². The van der Waals surface area contributed by atoms with Gasteiger partial charge in [0.05, 0.1) is 17.7 Å². The van der Waals surface area contributed by atoms with Crippen LogP contribution in [-0.2, 0) is 13.1 Å². The number of hydrogen-bond acceptors (Lipinski definition) is 4. The number of nitrogens with zero attached hydrogens (tertiary/aromatic N) is 1. The SMILES string of the molecule is Cc1ccoc1CNCc1cccc([N+](=O)[O-])c1C. The molecule has 0 radical (unpaired) electrons. The predicted molar refractivity (Wildman–Crippen MR) is 71.8 cm³/mol. The van der Waals surface area contributed by atoms with Crippen LogP contribution in [0.3, 0.4) is 0 Å². The van der Waals surface area contributed by atoms with Crippen LogP contribution in [0.2, 0.25) is 0 Å². The van der Waals surface area contributed by atoms with E-state index >= 15 is 0 Å². The molecule has 1 N–H and O–H groups in total. The molecule has 1 aromatic carbocycles. The second kappa shape index (κ2) is 5.67. The summed E-state index contributed by atoms with van der Waals surface area (Å²) in [5, 5.41) is 14.1. The molecule has 19 heavy (non-hydrogen) atoms. The summed E-state index contributed by atoms with van der Waals surface area (Å²) < 4.78 is 5.32. The molecule has 2 rings (SSSR count). The van der Waals surface area contributed by atoms with Crippen LogP contribution in [0.5, 0.6) is 0 Å². The number of hydrogen-bond donors (Lipinski definition) is 1. The van der Waals surface area contributed by atoms with E-state index in [-0.39, 0.29) is 10.6 Å². The van der Waals surface area contributed by atoms with E-state index in [1.54, 1.807) is 19.3 Å². The van der Waals surface area contributed by atoms with E-state index in [1.807, 2.05) is 19.1 Å². The minimum absolute atomic E-state index is 0.161. The molecule has 0 aliphatic heterocycles. The Balaban J connectivity index is 2.02. The van der Waals surface area contributed by atoms with Crippen LogP contribution < -0.4 is 5.32 Å². The molecule has 0 saturated heterocycles. The molecular weight excluding hydrogens is 244 g/mol. The monoisotopic (exact) mass is 260 g/mol. The van der Waals surface area contributed by atoms with E-state index in [9.17, 15) is 10.1 Å². The molecule has 5 heteroatoms. The number of nitro groups is 1. The lowest BCUT2D eigenvalue weighted by atomic mass is 10.1. The first-order chi connectivity index (χ1) is 9.09. The molecule has 0 aliphatic carbocycles. The Hall–Kier alpha value is -2.14. The predicted octanol–water partition coefficient (Wildman–Crippen LogP) is 3.09. The van der Waals surface area contributed by atoms with Gasteiger partial charge in [0.1, 0.15) is 5.76 Å². The molecule has 0 unspecified atom stereocenters. The highest BCUT2D eigenvalue weighted by Crippen LogP contribution is 2.21. The molecule has 0 atom stereocenters. The van der Waals surface area contributed by atoms with Gasteiger partial charge < -0.3 is 9.73 Å². The largest absolute Gasteiger partial charge is 0.468 e. The average molecular weight is 260 g/mol. The lowest BCUT2D eigenvalue weighted by molar-refractivity contribution is -0.385. The van der Waals surface area contributed by atoms with E-state index in [4.69, 9.17) is 4.42 Å². The minimum atomic E-state index is -0.352. The normalized spacial score (nSPS) is 10.6. The van der Waals surface area contributed by atoms with Crippen LogP contribution in [0.15, 0.2) is 34.9 Å². The zero-order chi connectivity index (χ0) is 13.8. The maximum Gasteiger partial charge on any atom is 0.272 e. The van der Waals surface area contributed by atoms with Gasteiger partial charge in [-0.15, -0.1) is 0 Å². The number of rotatable bonds is 5. The highest BCUT2D eigenvalue weighted by molar-refractivity contribution is 5.44. The Labute approximate surface area is 111 Å². The van der Waals surface area contributed by atoms with E-state index in [0.717, 1.165) is 16.9 Å². The number of benzene rings is 1. The van der Waals surface area contributed by atoms with E-state index in [0.29, 0.717) is 18.7 Å². The highest BCUT2D eigenvalue weighted by Gasteiger charge is 2.12. The first kappa shape index (κ1) is 13.3. The zero-order valence-corrected chi connectivity index (χ0v) is 11.0. The van der Waals surface area contributed by atoms with Crippen molar-refractivity contribution in [1.82, 2.24) is 5.32 Å². The molecule has 0 aliphatic rings. The van der Waals surface area contributed by atoms with Crippen molar-refractivity contribution in [1.29, 1.82) is 0 Å². The smallest absolute Gasteiger partial charge is 0.272 e. The summed E-state index contributed by atoms with van der Waals surface area (Å²) in [6.45, 7) is 4.95. The Morgan fingerprint density at radius 3 is 2.68 bits per heavy atom. The van der Waals surface area contributed by atoms with E-state index < -0.39 is 0 Å². The lowest BCUT2D eigenvalue weighted by Gasteiger charge is -2.07. The van der Waals surface area contributed by atoms with Gasteiger partial charge in [0.15, 0.2) is 0 Å². The van der Waals surface area contributed by atoms with Crippen LogP contribution in [0, 0.1) is 24.0 Å². The summed E-state index contributed by atoms with van der Waals surface area (Å²) in [7, 11) is 0. The number of aryl methyl sites for hydroxylation is 1. The van der Waals surface area contributed by atoms with Gasteiger partial charge >= 0.3 is 0 Å². The van der Waals surface area contributed by atoms with Gasteiger partial charge in [0.25, 0.3) is 5.69 Å². The second-order valence-electron chi connectivity index (χ2n) is 4.45.